The summed E-state index contributed by atoms with van der Waals surface area (Å²) in [6.07, 6.45) is 10.2. The van der Waals surface area contributed by atoms with Gasteiger partial charge in [0.1, 0.15) is 17.5 Å². The van der Waals surface area contributed by atoms with Gasteiger partial charge in [-0.15, -0.1) is 0 Å². The van der Waals surface area contributed by atoms with E-state index >= 15 is 0 Å². The Morgan fingerprint density at radius 1 is 1.00 bits per heavy atom. The quantitative estimate of drug-likeness (QED) is 0.699. The van der Waals surface area contributed by atoms with E-state index in [2.05, 4.69) is 37.6 Å². The summed E-state index contributed by atoms with van der Waals surface area (Å²) in [5.74, 6) is 2.11. The molecule has 0 bridgehead atoms. The summed E-state index contributed by atoms with van der Waals surface area (Å²) in [4.78, 5) is 11.6. The molecule has 164 valence electrons. The van der Waals surface area contributed by atoms with Crippen molar-refractivity contribution < 1.29 is 0 Å². The minimum absolute atomic E-state index is 0.428. The molecule has 2 atom stereocenters. The van der Waals surface area contributed by atoms with Gasteiger partial charge < -0.3 is 15.5 Å². The van der Waals surface area contributed by atoms with Crippen LogP contribution in [-0.2, 0) is 0 Å². The van der Waals surface area contributed by atoms with E-state index in [0.717, 1.165) is 30.6 Å². The molecule has 0 radical (unpaired) electrons. The molecule has 2 N–H and O–H groups in total. The van der Waals surface area contributed by atoms with E-state index in [1.807, 2.05) is 18.2 Å². The van der Waals surface area contributed by atoms with Gasteiger partial charge in [0, 0.05) is 18.3 Å². The standard InChI is InChI=1S/C25H29N7/c26-13-19-12-21(8-9-22(19)17-6-7-17)30-25-29-16-20(14-27)24(31-25)28-15-18-4-3-11-32-10-2-1-5-23(18)32/h8-9,12,16-18,23H,1-7,10-11,15H2,(H2,28,29,30,31)/t18-,23+/m0/s1. The molecule has 1 aliphatic carbocycles. The second-order valence-electron chi connectivity index (χ2n) is 9.26. The molecule has 1 aromatic carbocycles. The Morgan fingerprint density at radius 3 is 2.66 bits per heavy atom. The molecule has 3 aliphatic rings. The van der Waals surface area contributed by atoms with Gasteiger partial charge in [0.15, 0.2) is 0 Å². The Hall–Kier alpha value is -3.16. The Labute approximate surface area is 189 Å². The first kappa shape index (κ1) is 20.7. The lowest BCUT2D eigenvalue weighted by molar-refractivity contribution is 0.0649. The number of piperidine rings is 2. The van der Waals surface area contributed by atoms with E-state index < -0.39 is 0 Å². The fourth-order valence-electron chi connectivity index (χ4n) is 5.31. The maximum absolute atomic E-state index is 9.55. The summed E-state index contributed by atoms with van der Waals surface area (Å²) in [7, 11) is 0. The van der Waals surface area contributed by atoms with Crippen molar-refractivity contribution in [3.8, 4) is 12.1 Å². The van der Waals surface area contributed by atoms with E-state index in [4.69, 9.17) is 0 Å². The fraction of sp³-hybridized carbons (Fsp3) is 0.520. The molecule has 3 fully saturated rings. The Morgan fingerprint density at radius 2 is 1.84 bits per heavy atom. The van der Waals surface area contributed by atoms with Crippen LogP contribution in [0.3, 0.4) is 0 Å². The highest BCUT2D eigenvalue weighted by atomic mass is 15.2. The Balaban J connectivity index is 1.30. The summed E-state index contributed by atoms with van der Waals surface area (Å²) < 4.78 is 0. The predicted molar refractivity (Wildman–Crippen MR) is 124 cm³/mol. The zero-order valence-electron chi connectivity index (χ0n) is 18.3. The third-order valence-electron chi connectivity index (χ3n) is 7.12. The van der Waals surface area contributed by atoms with Crippen LogP contribution in [0.1, 0.15) is 67.6 Å². The Bertz CT molecular complexity index is 1060. The SMILES string of the molecule is N#Cc1cc(Nc2ncc(C#N)c(NC[C@@H]3CCCN4CCCC[C@H]34)n2)ccc1C1CC1. The normalized spacial score (nSPS) is 22.9. The molecule has 32 heavy (non-hydrogen) atoms. The van der Waals surface area contributed by atoms with Crippen molar-refractivity contribution in [2.45, 2.75) is 56.9 Å². The molecule has 0 spiro atoms. The van der Waals surface area contributed by atoms with Crippen molar-refractivity contribution in [2.75, 3.05) is 30.3 Å². The molecule has 7 heteroatoms. The number of nitrogens with one attached hydrogen (secondary N) is 2. The maximum Gasteiger partial charge on any atom is 0.229 e. The highest BCUT2D eigenvalue weighted by Gasteiger charge is 2.33. The fourth-order valence-corrected chi connectivity index (χ4v) is 5.31. The average Bonchev–Trinajstić information content (AvgIpc) is 3.68. The van der Waals surface area contributed by atoms with Crippen LogP contribution in [0.4, 0.5) is 17.5 Å². The van der Waals surface area contributed by atoms with Crippen LogP contribution in [0.2, 0.25) is 0 Å². The maximum atomic E-state index is 9.55. The van der Waals surface area contributed by atoms with Crippen molar-refractivity contribution in [3.63, 3.8) is 0 Å². The predicted octanol–water partition coefficient (Wildman–Crippen LogP) is 4.52. The van der Waals surface area contributed by atoms with Crippen molar-refractivity contribution in [2.24, 2.45) is 5.92 Å². The lowest BCUT2D eigenvalue weighted by Gasteiger charge is -2.44. The number of rotatable bonds is 6. The zero-order valence-corrected chi connectivity index (χ0v) is 18.3. The molecule has 2 saturated heterocycles. The average molecular weight is 428 g/mol. The van der Waals surface area contributed by atoms with Gasteiger partial charge in [-0.3, -0.25) is 0 Å². The van der Waals surface area contributed by atoms with Crippen molar-refractivity contribution in [3.05, 3.63) is 41.1 Å². The molecule has 0 amide bonds. The first-order valence-corrected chi connectivity index (χ1v) is 11.8. The second kappa shape index (κ2) is 9.14. The van der Waals surface area contributed by atoms with Crippen molar-refractivity contribution >= 4 is 17.5 Å². The third-order valence-corrected chi connectivity index (χ3v) is 7.12. The summed E-state index contributed by atoms with van der Waals surface area (Å²) in [5.41, 5.74) is 3.07. The summed E-state index contributed by atoms with van der Waals surface area (Å²) in [6.45, 7) is 3.26. The monoisotopic (exact) mass is 427 g/mol. The third kappa shape index (κ3) is 4.40. The number of fused-ring (bicyclic) bond motifs is 1. The minimum atomic E-state index is 0.428. The van der Waals surface area contributed by atoms with E-state index in [9.17, 15) is 10.5 Å². The number of aromatic nitrogens is 2. The Kier molecular flexibility index (Phi) is 5.92. The van der Waals surface area contributed by atoms with Gasteiger partial charge >= 0.3 is 0 Å². The second-order valence-corrected chi connectivity index (χ2v) is 9.26. The van der Waals surface area contributed by atoms with Crippen molar-refractivity contribution in [1.29, 1.82) is 10.5 Å². The lowest BCUT2D eigenvalue weighted by atomic mass is 9.83. The number of anilines is 3. The van der Waals surface area contributed by atoms with Gasteiger partial charge in [-0.25, -0.2) is 4.98 Å². The van der Waals surface area contributed by atoms with Gasteiger partial charge in [-0.2, -0.15) is 15.5 Å². The molecule has 1 aromatic heterocycles. The summed E-state index contributed by atoms with van der Waals surface area (Å²) >= 11 is 0. The minimum Gasteiger partial charge on any atom is -0.368 e. The van der Waals surface area contributed by atoms with E-state index in [-0.39, 0.29) is 0 Å². The van der Waals surface area contributed by atoms with Gasteiger partial charge in [0.25, 0.3) is 0 Å². The topological polar surface area (TPSA) is 101 Å². The molecule has 2 aromatic rings. The van der Waals surface area contributed by atoms with Crippen LogP contribution in [0, 0.1) is 28.6 Å². The van der Waals surface area contributed by atoms with Gasteiger partial charge in [-0.05, 0) is 81.1 Å². The van der Waals surface area contributed by atoms with Gasteiger partial charge in [0.2, 0.25) is 5.95 Å². The molecular weight excluding hydrogens is 398 g/mol. The summed E-state index contributed by atoms with van der Waals surface area (Å²) in [6, 6.07) is 11.0. The van der Waals surface area contributed by atoms with Crippen LogP contribution in [0.15, 0.2) is 24.4 Å². The lowest BCUT2D eigenvalue weighted by Crippen LogP contribution is -2.49. The van der Waals surface area contributed by atoms with E-state index in [1.54, 1.807) is 6.20 Å². The van der Waals surface area contributed by atoms with E-state index in [1.165, 1.54) is 45.2 Å². The highest BCUT2D eigenvalue weighted by molar-refractivity contribution is 5.61. The first-order valence-electron chi connectivity index (χ1n) is 11.8. The molecule has 7 nitrogen and oxygen atoms in total. The molecule has 2 aliphatic heterocycles. The molecule has 1 saturated carbocycles. The van der Waals surface area contributed by atoms with Crippen LogP contribution >= 0.6 is 0 Å². The van der Waals surface area contributed by atoms with Crippen LogP contribution in [0.5, 0.6) is 0 Å². The molecule has 5 rings (SSSR count). The van der Waals surface area contributed by atoms with Gasteiger partial charge in [0.05, 0.1) is 17.8 Å². The van der Waals surface area contributed by atoms with E-state index in [0.29, 0.717) is 40.8 Å². The molecular formula is C25H29N7. The highest BCUT2D eigenvalue weighted by Crippen LogP contribution is 2.42. The smallest absolute Gasteiger partial charge is 0.229 e. The number of hydrogen-bond acceptors (Lipinski definition) is 7. The number of nitriles is 2. The van der Waals surface area contributed by atoms with Gasteiger partial charge in [-0.1, -0.05) is 12.5 Å². The molecule has 0 unspecified atom stereocenters. The zero-order chi connectivity index (χ0) is 21.9. The number of benzene rings is 1. The summed E-state index contributed by atoms with van der Waals surface area (Å²) in [5, 5.41) is 25.7. The number of nitrogens with zero attached hydrogens (tertiary/aromatic N) is 5. The van der Waals surface area contributed by atoms with Crippen LogP contribution in [0.25, 0.3) is 0 Å². The molecule has 3 heterocycles. The van der Waals surface area contributed by atoms with Crippen molar-refractivity contribution in [1.82, 2.24) is 14.9 Å². The largest absolute Gasteiger partial charge is 0.368 e. The first-order chi connectivity index (χ1) is 15.7. The number of hydrogen-bond donors (Lipinski definition) is 2. The van der Waals surface area contributed by atoms with Crippen LogP contribution in [-0.4, -0.2) is 40.5 Å². The van der Waals surface area contributed by atoms with Crippen LogP contribution < -0.4 is 10.6 Å².